The molecule has 1 aromatic carbocycles. The van der Waals surface area contributed by atoms with E-state index in [1.54, 1.807) is 24.7 Å². The summed E-state index contributed by atoms with van der Waals surface area (Å²) in [6, 6.07) is 9.46. The number of nitrogens with two attached hydrogens (primary N) is 1. The van der Waals surface area contributed by atoms with Crippen molar-refractivity contribution in [3.63, 3.8) is 0 Å². The summed E-state index contributed by atoms with van der Waals surface area (Å²) < 4.78 is 6.88. The van der Waals surface area contributed by atoms with Crippen molar-refractivity contribution in [2.75, 3.05) is 13.2 Å². The Bertz CT molecular complexity index is 586. The van der Waals surface area contributed by atoms with Crippen LogP contribution in [0.4, 0.5) is 0 Å². The number of carbonyl (C=O) groups is 1. The van der Waals surface area contributed by atoms with Gasteiger partial charge in [-0.05, 0) is 37.6 Å². The van der Waals surface area contributed by atoms with Crippen molar-refractivity contribution in [2.24, 2.45) is 5.73 Å². The van der Waals surface area contributed by atoms with Gasteiger partial charge in [0.2, 0.25) is 0 Å². The number of carbonyl (C=O) groups excluding carboxylic acids is 1. The third-order valence-electron chi connectivity index (χ3n) is 3.39. The average Bonchev–Trinajstić information content (AvgIpc) is 3.01. The average molecular weight is 310 g/mol. The Labute approximate surface area is 130 Å². The van der Waals surface area contributed by atoms with Gasteiger partial charge >= 0.3 is 5.97 Å². The summed E-state index contributed by atoms with van der Waals surface area (Å²) in [6.45, 7) is 4.11. The Hall–Kier alpha value is -1.85. The summed E-state index contributed by atoms with van der Waals surface area (Å²) in [5.41, 5.74) is 6.68. The van der Waals surface area contributed by atoms with E-state index in [2.05, 4.69) is 5.10 Å². The van der Waals surface area contributed by atoms with Gasteiger partial charge in [0.15, 0.2) is 0 Å². The van der Waals surface area contributed by atoms with E-state index >= 15 is 0 Å². The highest BCUT2D eigenvalue weighted by Gasteiger charge is 2.35. The van der Waals surface area contributed by atoms with Gasteiger partial charge in [-0.25, -0.2) is 4.68 Å². The van der Waals surface area contributed by atoms with Crippen molar-refractivity contribution in [2.45, 2.75) is 19.3 Å². The molecule has 0 saturated carbocycles. The van der Waals surface area contributed by atoms with Crippen molar-refractivity contribution in [3.05, 3.63) is 48.3 Å². The summed E-state index contributed by atoms with van der Waals surface area (Å²) in [4.78, 5) is 12.2. The third-order valence-corrected chi connectivity index (χ3v) is 3.39. The monoisotopic (exact) mass is 309 g/mol. The Morgan fingerprint density at radius 3 is 2.76 bits per heavy atom. The minimum atomic E-state index is -0.848. The van der Waals surface area contributed by atoms with Gasteiger partial charge in [0, 0.05) is 18.9 Å². The summed E-state index contributed by atoms with van der Waals surface area (Å²) in [7, 11) is 0. The fourth-order valence-electron chi connectivity index (χ4n) is 2.02. The van der Waals surface area contributed by atoms with Crippen molar-refractivity contribution < 1.29 is 9.53 Å². The van der Waals surface area contributed by atoms with Crippen molar-refractivity contribution in [3.8, 4) is 5.69 Å². The van der Waals surface area contributed by atoms with Gasteiger partial charge in [-0.3, -0.25) is 4.79 Å². The van der Waals surface area contributed by atoms with E-state index in [9.17, 15) is 4.79 Å². The normalized spacial score (nSPS) is 13.1. The molecule has 0 bridgehead atoms. The Morgan fingerprint density at radius 2 is 2.19 bits per heavy atom. The molecule has 5 nitrogen and oxygen atoms in total. The lowest BCUT2D eigenvalue weighted by Gasteiger charge is -2.26. The Morgan fingerprint density at radius 1 is 1.43 bits per heavy atom. The lowest BCUT2D eigenvalue weighted by atomic mass is 9.82. The molecule has 21 heavy (non-hydrogen) atoms. The molecule has 0 saturated heterocycles. The summed E-state index contributed by atoms with van der Waals surface area (Å²) in [5, 5.41) is 4.19. The van der Waals surface area contributed by atoms with E-state index in [0.717, 1.165) is 11.3 Å². The molecular weight excluding hydrogens is 290 g/mol. The molecule has 0 aliphatic heterocycles. The van der Waals surface area contributed by atoms with Crippen LogP contribution < -0.4 is 5.73 Å². The van der Waals surface area contributed by atoms with Crippen LogP contribution in [-0.2, 0) is 14.9 Å². The van der Waals surface area contributed by atoms with E-state index in [1.165, 1.54) is 0 Å². The van der Waals surface area contributed by atoms with Crippen LogP contribution in [0.2, 0.25) is 0 Å². The largest absolute Gasteiger partial charge is 0.465 e. The number of aromatic nitrogens is 2. The highest BCUT2D eigenvalue weighted by atomic mass is 35.5. The molecular formula is C15H20ClN3O2. The maximum atomic E-state index is 12.2. The fourth-order valence-corrected chi connectivity index (χ4v) is 2.02. The smallest absolute Gasteiger partial charge is 0.317 e. The first-order valence-corrected chi connectivity index (χ1v) is 6.59. The van der Waals surface area contributed by atoms with Gasteiger partial charge in [-0.2, -0.15) is 5.10 Å². The van der Waals surface area contributed by atoms with E-state index in [1.807, 2.05) is 36.5 Å². The number of esters is 1. The quantitative estimate of drug-likeness (QED) is 0.858. The number of hydrogen-bond donors (Lipinski definition) is 1. The van der Waals surface area contributed by atoms with Gasteiger partial charge in [-0.1, -0.05) is 12.1 Å². The molecule has 1 atom stereocenters. The minimum Gasteiger partial charge on any atom is -0.465 e. The molecule has 0 fully saturated rings. The van der Waals surface area contributed by atoms with Crippen LogP contribution in [0, 0.1) is 0 Å². The van der Waals surface area contributed by atoms with Gasteiger partial charge in [0.25, 0.3) is 0 Å². The van der Waals surface area contributed by atoms with Crippen LogP contribution in [0.15, 0.2) is 42.7 Å². The molecule has 1 aromatic heterocycles. The lowest BCUT2D eigenvalue weighted by molar-refractivity contribution is -0.149. The molecule has 0 amide bonds. The summed E-state index contributed by atoms with van der Waals surface area (Å²) >= 11 is 0. The predicted molar refractivity (Wildman–Crippen MR) is 83.9 cm³/mol. The number of rotatable bonds is 5. The fraction of sp³-hybridized carbons (Fsp3) is 0.333. The molecule has 0 spiro atoms. The zero-order valence-corrected chi connectivity index (χ0v) is 13.0. The molecule has 114 valence electrons. The first-order chi connectivity index (χ1) is 9.61. The van der Waals surface area contributed by atoms with Gasteiger partial charge in [0.05, 0.1) is 12.3 Å². The zero-order valence-electron chi connectivity index (χ0n) is 12.2. The first kappa shape index (κ1) is 17.2. The van der Waals surface area contributed by atoms with Gasteiger partial charge in [0.1, 0.15) is 5.41 Å². The van der Waals surface area contributed by atoms with E-state index < -0.39 is 5.41 Å². The van der Waals surface area contributed by atoms with Crippen LogP contribution in [-0.4, -0.2) is 28.9 Å². The number of ether oxygens (including phenoxy) is 1. The Kier molecular flexibility index (Phi) is 5.93. The van der Waals surface area contributed by atoms with Crippen LogP contribution in [0.25, 0.3) is 5.69 Å². The highest BCUT2D eigenvalue weighted by Crippen LogP contribution is 2.26. The first-order valence-electron chi connectivity index (χ1n) is 6.59. The van der Waals surface area contributed by atoms with E-state index in [4.69, 9.17) is 10.5 Å². The van der Waals surface area contributed by atoms with Crippen LogP contribution >= 0.6 is 12.4 Å². The second-order valence-electron chi connectivity index (χ2n) is 4.76. The standard InChI is InChI=1S/C15H19N3O2.ClH/c1-3-20-14(19)15(2,11-16)12-6-4-7-13(10-12)18-9-5-8-17-18;/h4-10H,3,11,16H2,1-2H3;1H. The van der Waals surface area contributed by atoms with Gasteiger partial charge < -0.3 is 10.5 Å². The Balaban J connectivity index is 0.00000220. The second-order valence-corrected chi connectivity index (χ2v) is 4.76. The van der Waals surface area contributed by atoms with Crippen molar-refractivity contribution in [1.29, 1.82) is 0 Å². The SMILES string of the molecule is CCOC(=O)C(C)(CN)c1cccc(-n2cccn2)c1.Cl. The van der Waals surface area contributed by atoms with Crippen molar-refractivity contribution in [1.82, 2.24) is 9.78 Å². The predicted octanol–water partition coefficient (Wildman–Crippen LogP) is 2.07. The molecule has 1 heterocycles. The van der Waals surface area contributed by atoms with E-state index in [-0.39, 0.29) is 24.9 Å². The minimum absolute atomic E-state index is 0. The topological polar surface area (TPSA) is 70.1 Å². The number of halogens is 1. The number of nitrogens with zero attached hydrogens (tertiary/aromatic N) is 2. The second kappa shape index (κ2) is 7.24. The molecule has 0 radical (unpaired) electrons. The number of hydrogen-bond acceptors (Lipinski definition) is 4. The zero-order chi connectivity index (χ0) is 14.6. The highest BCUT2D eigenvalue weighted by molar-refractivity contribution is 5.85. The van der Waals surface area contributed by atoms with Crippen LogP contribution in [0.5, 0.6) is 0 Å². The molecule has 0 aliphatic carbocycles. The van der Waals surface area contributed by atoms with E-state index in [0.29, 0.717) is 6.61 Å². The molecule has 2 aromatic rings. The molecule has 0 aliphatic rings. The van der Waals surface area contributed by atoms with Crippen LogP contribution in [0.3, 0.4) is 0 Å². The van der Waals surface area contributed by atoms with Gasteiger partial charge in [-0.15, -0.1) is 12.4 Å². The molecule has 2 rings (SSSR count). The molecule has 2 N–H and O–H groups in total. The van der Waals surface area contributed by atoms with Crippen LogP contribution in [0.1, 0.15) is 19.4 Å². The van der Waals surface area contributed by atoms with Crippen molar-refractivity contribution >= 4 is 18.4 Å². The summed E-state index contributed by atoms with van der Waals surface area (Å²) in [6.07, 6.45) is 3.56. The third kappa shape index (κ3) is 3.43. The summed E-state index contributed by atoms with van der Waals surface area (Å²) in [5.74, 6) is -0.305. The molecule has 6 heteroatoms. The lowest BCUT2D eigenvalue weighted by Crippen LogP contribution is -2.41. The maximum absolute atomic E-state index is 12.2. The molecule has 1 unspecified atom stereocenters. The maximum Gasteiger partial charge on any atom is 0.317 e. The number of benzene rings is 1.